The first-order chi connectivity index (χ1) is 13.8. The van der Waals surface area contributed by atoms with Gasteiger partial charge in [0.2, 0.25) is 0 Å². The maximum atomic E-state index is 6.06. The van der Waals surface area contributed by atoms with Crippen molar-refractivity contribution in [2.24, 2.45) is 5.92 Å². The molecule has 1 N–H and O–H groups in total. The van der Waals surface area contributed by atoms with E-state index in [1.807, 2.05) is 12.1 Å². The molecule has 2 heterocycles. The van der Waals surface area contributed by atoms with Gasteiger partial charge in [0.1, 0.15) is 18.1 Å². The molecule has 0 radical (unpaired) electrons. The van der Waals surface area contributed by atoms with Crippen LogP contribution in [0.5, 0.6) is 11.5 Å². The molecule has 0 amide bonds. The molecule has 4 unspecified atom stereocenters. The lowest BCUT2D eigenvalue weighted by Crippen LogP contribution is -2.29. The van der Waals surface area contributed by atoms with Gasteiger partial charge in [-0.1, -0.05) is 30.4 Å². The first-order valence-electron chi connectivity index (χ1n) is 10.3. The van der Waals surface area contributed by atoms with Crippen molar-refractivity contribution < 1.29 is 14.2 Å². The van der Waals surface area contributed by atoms with E-state index >= 15 is 0 Å². The zero-order chi connectivity index (χ0) is 18.9. The molecule has 0 bridgehead atoms. The Hall–Kier alpha value is -2.46. The molecule has 1 aliphatic carbocycles. The number of fused-ring (bicyclic) bond motifs is 3. The van der Waals surface area contributed by atoms with Gasteiger partial charge in [-0.3, -0.25) is 0 Å². The smallest absolute Gasteiger partial charge is 0.124 e. The van der Waals surface area contributed by atoms with Crippen molar-refractivity contribution in [3.8, 4) is 11.5 Å². The van der Waals surface area contributed by atoms with Gasteiger partial charge < -0.3 is 19.5 Å². The quantitative estimate of drug-likeness (QED) is 0.738. The number of methoxy groups -OCH3 is 1. The molecule has 28 heavy (non-hydrogen) atoms. The minimum absolute atomic E-state index is 0.238. The molecule has 1 saturated heterocycles. The van der Waals surface area contributed by atoms with Crippen LogP contribution in [0.4, 0.5) is 5.69 Å². The van der Waals surface area contributed by atoms with Gasteiger partial charge >= 0.3 is 0 Å². The van der Waals surface area contributed by atoms with Crippen molar-refractivity contribution >= 4 is 5.69 Å². The first kappa shape index (κ1) is 17.6. The van der Waals surface area contributed by atoms with E-state index in [9.17, 15) is 0 Å². The topological polar surface area (TPSA) is 39.7 Å². The van der Waals surface area contributed by atoms with Crippen molar-refractivity contribution in [2.45, 2.75) is 37.3 Å². The van der Waals surface area contributed by atoms with E-state index in [0.29, 0.717) is 18.4 Å². The van der Waals surface area contributed by atoms with E-state index < -0.39 is 0 Å². The molecule has 2 aromatic rings. The normalized spacial score (nSPS) is 27.8. The Balaban J connectivity index is 1.42. The Morgan fingerprint density at radius 1 is 1.14 bits per heavy atom. The monoisotopic (exact) mass is 377 g/mol. The van der Waals surface area contributed by atoms with E-state index in [0.717, 1.165) is 37.4 Å². The van der Waals surface area contributed by atoms with Gasteiger partial charge in [-0.05, 0) is 55.0 Å². The Morgan fingerprint density at radius 3 is 2.93 bits per heavy atom. The molecule has 4 nitrogen and oxygen atoms in total. The first-order valence-corrected chi connectivity index (χ1v) is 10.3. The number of anilines is 1. The van der Waals surface area contributed by atoms with Gasteiger partial charge in [0.15, 0.2) is 0 Å². The van der Waals surface area contributed by atoms with Crippen LogP contribution in [0.15, 0.2) is 54.6 Å². The Kier molecular flexibility index (Phi) is 4.73. The number of rotatable bonds is 5. The zero-order valence-electron chi connectivity index (χ0n) is 16.3. The van der Waals surface area contributed by atoms with Crippen LogP contribution in [0, 0.1) is 5.92 Å². The van der Waals surface area contributed by atoms with Crippen LogP contribution in [0.25, 0.3) is 0 Å². The van der Waals surface area contributed by atoms with Crippen molar-refractivity contribution in [1.82, 2.24) is 0 Å². The van der Waals surface area contributed by atoms with Crippen molar-refractivity contribution in [2.75, 3.05) is 25.6 Å². The van der Waals surface area contributed by atoms with E-state index in [1.54, 1.807) is 7.11 Å². The lowest BCUT2D eigenvalue weighted by molar-refractivity contribution is 0.0679. The predicted molar refractivity (Wildman–Crippen MR) is 110 cm³/mol. The van der Waals surface area contributed by atoms with Gasteiger partial charge in [0.05, 0.1) is 19.3 Å². The van der Waals surface area contributed by atoms with E-state index in [4.69, 9.17) is 14.2 Å². The summed E-state index contributed by atoms with van der Waals surface area (Å²) >= 11 is 0. The predicted octanol–water partition coefficient (Wildman–Crippen LogP) is 5.08. The highest BCUT2D eigenvalue weighted by Crippen LogP contribution is 2.51. The summed E-state index contributed by atoms with van der Waals surface area (Å²) < 4.78 is 17.4. The molecule has 5 rings (SSSR count). The third-order valence-electron chi connectivity index (χ3n) is 6.27. The maximum Gasteiger partial charge on any atom is 0.124 e. The highest BCUT2D eigenvalue weighted by molar-refractivity contribution is 5.62. The lowest BCUT2D eigenvalue weighted by Gasteiger charge is -2.38. The highest BCUT2D eigenvalue weighted by atomic mass is 16.5. The fourth-order valence-electron chi connectivity index (χ4n) is 4.86. The molecular formula is C24H27NO3. The second-order valence-electron chi connectivity index (χ2n) is 7.91. The molecule has 0 spiro atoms. The molecular weight excluding hydrogens is 350 g/mol. The Bertz CT molecular complexity index is 872. The number of hydrogen-bond donors (Lipinski definition) is 1. The summed E-state index contributed by atoms with van der Waals surface area (Å²) in [6, 6.07) is 15.0. The average Bonchev–Trinajstić information content (AvgIpc) is 3.43. The fourth-order valence-corrected chi connectivity index (χ4v) is 4.86. The molecule has 4 atom stereocenters. The summed E-state index contributed by atoms with van der Waals surface area (Å²) in [4.78, 5) is 0. The minimum Gasteiger partial charge on any atom is -0.496 e. The van der Waals surface area contributed by atoms with Gasteiger partial charge in [-0.2, -0.15) is 0 Å². The number of para-hydroxylation sites is 1. The van der Waals surface area contributed by atoms with Crippen molar-refractivity contribution in [3.05, 3.63) is 65.7 Å². The second kappa shape index (κ2) is 7.51. The van der Waals surface area contributed by atoms with Gasteiger partial charge in [-0.15, -0.1) is 0 Å². The third kappa shape index (κ3) is 3.16. The maximum absolute atomic E-state index is 6.06. The lowest BCUT2D eigenvalue weighted by atomic mass is 9.77. The summed E-state index contributed by atoms with van der Waals surface area (Å²) in [5.74, 6) is 2.77. The largest absolute Gasteiger partial charge is 0.496 e. The SMILES string of the molecule is COc1ccccc1C1Nc2ccc(OCC3CCCO3)cc2C2C=CCC21. The highest BCUT2D eigenvalue weighted by Gasteiger charge is 2.39. The molecule has 1 fully saturated rings. The number of benzene rings is 2. The van der Waals surface area contributed by atoms with E-state index in [2.05, 4.69) is 47.8 Å². The summed E-state index contributed by atoms with van der Waals surface area (Å²) in [6.07, 6.45) is 8.22. The van der Waals surface area contributed by atoms with Crippen LogP contribution in [-0.2, 0) is 4.74 Å². The van der Waals surface area contributed by atoms with Crippen LogP contribution < -0.4 is 14.8 Å². The third-order valence-corrected chi connectivity index (χ3v) is 6.27. The Morgan fingerprint density at radius 2 is 2.07 bits per heavy atom. The average molecular weight is 377 g/mol. The summed E-state index contributed by atoms with van der Waals surface area (Å²) in [5, 5.41) is 3.78. The molecule has 0 aromatic heterocycles. The van der Waals surface area contributed by atoms with E-state index in [-0.39, 0.29) is 12.1 Å². The summed E-state index contributed by atoms with van der Waals surface area (Å²) in [7, 11) is 1.75. The van der Waals surface area contributed by atoms with Crippen molar-refractivity contribution in [3.63, 3.8) is 0 Å². The molecule has 3 aliphatic rings. The fraction of sp³-hybridized carbons (Fsp3) is 0.417. The van der Waals surface area contributed by atoms with Crippen LogP contribution in [0.2, 0.25) is 0 Å². The molecule has 0 saturated carbocycles. The van der Waals surface area contributed by atoms with Crippen LogP contribution in [0.1, 0.15) is 42.3 Å². The molecule has 2 aliphatic heterocycles. The zero-order valence-corrected chi connectivity index (χ0v) is 16.3. The van der Waals surface area contributed by atoms with Crippen molar-refractivity contribution in [1.29, 1.82) is 0 Å². The molecule has 4 heteroatoms. The van der Waals surface area contributed by atoms with Gasteiger partial charge in [0, 0.05) is 23.8 Å². The number of allylic oxidation sites excluding steroid dienone is 2. The van der Waals surface area contributed by atoms with E-state index in [1.165, 1.54) is 16.8 Å². The molecule has 146 valence electrons. The summed E-state index contributed by atoms with van der Waals surface area (Å²) in [5.41, 5.74) is 3.75. The summed E-state index contributed by atoms with van der Waals surface area (Å²) in [6.45, 7) is 1.50. The minimum atomic E-state index is 0.238. The number of ether oxygens (including phenoxy) is 3. The standard InChI is InChI=1S/C24H27NO3/c1-26-23-10-3-2-7-20(23)24-19-9-4-8-18(19)21-14-16(11-12-22(21)25-24)28-15-17-6-5-13-27-17/h2-4,7-8,10-12,14,17-19,24-25H,5-6,9,13,15H2,1H3. The second-order valence-corrected chi connectivity index (χ2v) is 7.91. The van der Waals surface area contributed by atoms with Crippen LogP contribution >= 0.6 is 0 Å². The van der Waals surface area contributed by atoms with Gasteiger partial charge in [0.25, 0.3) is 0 Å². The van der Waals surface area contributed by atoms with Gasteiger partial charge in [-0.25, -0.2) is 0 Å². The molecule has 2 aromatic carbocycles. The van der Waals surface area contributed by atoms with Crippen LogP contribution in [-0.4, -0.2) is 26.4 Å². The Labute approximate surface area is 166 Å². The van der Waals surface area contributed by atoms with Crippen LogP contribution in [0.3, 0.4) is 0 Å². The number of hydrogen-bond acceptors (Lipinski definition) is 4. The number of nitrogens with one attached hydrogen (secondary N) is 1.